The first kappa shape index (κ1) is 19.6. The molecule has 2 rings (SSSR count). The summed E-state index contributed by atoms with van der Waals surface area (Å²) in [5.41, 5.74) is 0.655. The maximum atomic E-state index is 14.8. The molecule has 0 saturated carbocycles. The summed E-state index contributed by atoms with van der Waals surface area (Å²) in [6.45, 7) is 1.42. The fraction of sp³-hybridized carbons (Fsp3) is 0.250. The lowest BCUT2D eigenvalue weighted by molar-refractivity contribution is -0.140. The largest absolute Gasteiger partial charge is 0.486 e. The van der Waals surface area contributed by atoms with Gasteiger partial charge in [0.05, 0.1) is 12.7 Å². The van der Waals surface area contributed by atoms with Crippen molar-refractivity contribution in [2.45, 2.75) is 25.6 Å². The lowest BCUT2D eigenvalue weighted by Crippen LogP contribution is -2.31. The molecule has 2 aromatic rings. The molecule has 6 heteroatoms. The minimum atomic E-state index is -3.82. The predicted octanol–water partition coefficient (Wildman–Crippen LogP) is 4.02. The number of rotatable bonds is 8. The molecule has 0 fully saturated rings. The monoisotopic (exact) mass is 362 g/mol. The van der Waals surface area contributed by atoms with E-state index in [2.05, 4.69) is 0 Å². The first-order chi connectivity index (χ1) is 12.4. The second-order valence-electron chi connectivity index (χ2n) is 5.47. The van der Waals surface area contributed by atoms with E-state index in [4.69, 9.17) is 9.47 Å². The first-order valence-electron chi connectivity index (χ1n) is 8.11. The number of alkyl halides is 2. The van der Waals surface area contributed by atoms with Gasteiger partial charge in [-0.1, -0.05) is 60.7 Å². The van der Waals surface area contributed by atoms with Crippen LogP contribution in [-0.2, 0) is 20.9 Å². The fourth-order valence-electron chi connectivity index (χ4n) is 2.24. The van der Waals surface area contributed by atoms with E-state index in [1.165, 1.54) is 24.3 Å². The van der Waals surface area contributed by atoms with Crippen LogP contribution in [0.25, 0.3) is 0 Å². The van der Waals surface area contributed by atoms with E-state index in [9.17, 15) is 18.7 Å². The Balaban J connectivity index is 2.27. The minimum absolute atomic E-state index is 0.00979. The summed E-state index contributed by atoms with van der Waals surface area (Å²) in [7, 11) is 0. The second-order valence-corrected chi connectivity index (χ2v) is 5.47. The topological polar surface area (TPSA) is 55.8 Å². The molecule has 26 heavy (non-hydrogen) atoms. The van der Waals surface area contributed by atoms with Crippen LogP contribution < -0.4 is 0 Å². The molecule has 0 saturated heterocycles. The summed E-state index contributed by atoms with van der Waals surface area (Å²) in [6.07, 6.45) is -1.58. The van der Waals surface area contributed by atoms with Gasteiger partial charge in [0.15, 0.2) is 11.9 Å². The smallest absolute Gasteiger partial charge is 0.334 e. The van der Waals surface area contributed by atoms with Crippen molar-refractivity contribution in [3.8, 4) is 0 Å². The molecule has 0 aliphatic heterocycles. The molecule has 0 amide bonds. The lowest BCUT2D eigenvalue weighted by Gasteiger charge is -2.25. The molecule has 138 valence electrons. The zero-order valence-corrected chi connectivity index (χ0v) is 14.3. The number of aliphatic hydroxyl groups excluding tert-OH is 1. The molecule has 4 nitrogen and oxygen atoms in total. The van der Waals surface area contributed by atoms with E-state index in [-0.39, 0.29) is 18.8 Å². The van der Waals surface area contributed by atoms with Gasteiger partial charge in [-0.3, -0.25) is 0 Å². The van der Waals surface area contributed by atoms with Gasteiger partial charge in [-0.25, -0.2) is 4.79 Å². The third kappa shape index (κ3) is 5.13. The average Bonchev–Trinajstić information content (AvgIpc) is 2.66. The standard InChI is InChI=1S/C20H20F2O4/c1-2-25-18(23)13-17(26-14-15-9-5-3-6-10-15)20(21,22)19(24)16-11-7-4-8-12-16/h3-13,19,24H,2,14H2,1H3/b17-13+. The van der Waals surface area contributed by atoms with E-state index >= 15 is 0 Å². The van der Waals surface area contributed by atoms with Crippen LogP contribution in [0.15, 0.2) is 72.5 Å². The van der Waals surface area contributed by atoms with Gasteiger partial charge in [0, 0.05) is 0 Å². The number of esters is 1. The normalized spacial score (nSPS) is 13.2. The Hall–Kier alpha value is -2.73. The molecule has 2 aromatic carbocycles. The van der Waals surface area contributed by atoms with E-state index in [1.807, 2.05) is 0 Å². The summed E-state index contributed by atoms with van der Waals surface area (Å²) in [6, 6.07) is 16.1. The Morgan fingerprint density at radius 1 is 1.08 bits per heavy atom. The predicted molar refractivity (Wildman–Crippen MR) is 92.3 cm³/mol. The highest BCUT2D eigenvalue weighted by Gasteiger charge is 2.45. The molecule has 0 spiro atoms. The minimum Gasteiger partial charge on any atom is -0.486 e. The number of aliphatic hydroxyl groups is 1. The van der Waals surface area contributed by atoms with Gasteiger partial charge in [-0.2, -0.15) is 8.78 Å². The summed E-state index contributed by atoms with van der Waals surface area (Å²) in [4.78, 5) is 11.7. The van der Waals surface area contributed by atoms with Crippen molar-refractivity contribution in [3.05, 3.63) is 83.6 Å². The van der Waals surface area contributed by atoms with E-state index in [0.717, 1.165) is 0 Å². The Bertz CT molecular complexity index is 730. The Morgan fingerprint density at radius 3 is 2.23 bits per heavy atom. The van der Waals surface area contributed by atoms with E-state index in [0.29, 0.717) is 11.6 Å². The van der Waals surface area contributed by atoms with Crippen LogP contribution in [0.2, 0.25) is 0 Å². The molecule has 0 radical (unpaired) electrons. The van der Waals surface area contributed by atoms with Gasteiger partial charge >= 0.3 is 11.9 Å². The zero-order valence-electron chi connectivity index (χ0n) is 14.3. The molecule has 0 bridgehead atoms. The summed E-state index contributed by atoms with van der Waals surface area (Å²) >= 11 is 0. The highest BCUT2D eigenvalue weighted by molar-refractivity contribution is 5.82. The maximum absolute atomic E-state index is 14.8. The number of carbonyl (C=O) groups is 1. The van der Waals surface area contributed by atoms with Crippen LogP contribution in [0.5, 0.6) is 0 Å². The van der Waals surface area contributed by atoms with Crippen LogP contribution >= 0.6 is 0 Å². The highest BCUT2D eigenvalue weighted by Crippen LogP contribution is 2.38. The second kappa shape index (κ2) is 9.10. The fourth-order valence-corrected chi connectivity index (χ4v) is 2.24. The lowest BCUT2D eigenvalue weighted by atomic mass is 10.0. The summed E-state index contributed by atoms with van der Waals surface area (Å²) in [5.74, 6) is -5.73. The number of benzene rings is 2. The van der Waals surface area contributed by atoms with Gasteiger partial charge < -0.3 is 14.6 Å². The molecule has 1 unspecified atom stereocenters. The van der Waals surface area contributed by atoms with Crippen molar-refractivity contribution < 1.29 is 28.2 Å². The van der Waals surface area contributed by atoms with E-state index in [1.54, 1.807) is 43.3 Å². The van der Waals surface area contributed by atoms with Gasteiger partial charge in [0.1, 0.15) is 6.61 Å². The Kier molecular flexibility index (Phi) is 6.86. The van der Waals surface area contributed by atoms with Crippen LogP contribution in [0.4, 0.5) is 8.78 Å². The molecule has 1 N–H and O–H groups in total. The van der Waals surface area contributed by atoms with Gasteiger partial charge in [-0.15, -0.1) is 0 Å². The number of halogens is 2. The van der Waals surface area contributed by atoms with Crippen molar-refractivity contribution in [2.75, 3.05) is 6.61 Å². The van der Waals surface area contributed by atoms with Crippen LogP contribution in [-0.4, -0.2) is 23.6 Å². The maximum Gasteiger partial charge on any atom is 0.334 e. The van der Waals surface area contributed by atoms with Crippen molar-refractivity contribution >= 4 is 5.97 Å². The number of hydrogen-bond acceptors (Lipinski definition) is 4. The quantitative estimate of drug-likeness (QED) is 0.438. The average molecular weight is 362 g/mol. The van der Waals surface area contributed by atoms with E-state index < -0.39 is 23.8 Å². The molecule has 0 heterocycles. The van der Waals surface area contributed by atoms with Gasteiger partial charge in [-0.05, 0) is 18.1 Å². The third-order valence-electron chi connectivity index (χ3n) is 3.56. The summed E-state index contributed by atoms with van der Waals surface area (Å²) in [5, 5.41) is 10.1. The molecular formula is C20H20F2O4. The zero-order chi connectivity index (χ0) is 19.0. The molecule has 1 atom stereocenters. The Morgan fingerprint density at radius 2 is 1.65 bits per heavy atom. The van der Waals surface area contributed by atoms with Crippen LogP contribution in [0.3, 0.4) is 0 Å². The van der Waals surface area contributed by atoms with Crippen molar-refractivity contribution in [1.82, 2.24) is 0 Å². The van der Waals surface area contributed by atoms with Crippen LogP contribution in [0, 0.1) is 0 Å². The SMILES string of the molecule is CCOC(=O)/C=C(/OCc1ccccc1)C(F)(F)C(O)c1ccccc1. The van der Waals surface area contributed by atoms with Crippen molar-refractivity contribution in [1.29, 1.82) is 0 Å². The third-order valence-corrected chi connectivity index (χ3v) is 3.56. The molecule has 0 aliphatic rings. The number of ether oxygens (including phenoxy) is 2. The van der Waals surface area contributed by atoms with Gasteiger partial charge in [0.25, 0.3) is 0 Å². The summed E-state index contributed by atoms with van der Waals surface area (Å²) < 4.78 is 39.5. The molecule has 0 aromatic heterocycles. The number of hydrogen-bond donors (Lipinski definition) is 1. The van der Waals surface area contributed by atoms with Crippen LogP contribution in [0.1, 0.15) is 24.2 Å². The molecular weight excluding hydrogens is 342 g/mol. The molecule has 0 aliphatic carbocycles. The highest BCUT2D eigenvalue weighted by atomic mass is 19.3. The Labute approximate surface area is 150 Å². The van der Waals surface area contributed by atoms with Crippen molar-refractivity contribution in [3.63, 3.8) is 0 Å². The van der Waals surface area contributed by atoms with Gasteiger partial charge in [0.2, 0.25) is 0 Å². The first-order valence-corrected chi connectivity index (χ1v) is 8.11. The number of carbonyl (C=O) groups excluding carboxylic acids is 1. The van der Waals surface area contributed by atoms with Crippen molar-refractivity contribution in [2.24, 2.45) is 0 Å².